The van der Waals surface area contributed by atoms with E-state index >= 15 is 0 Å². The van der Waals surface area contributed by atoms with Crippen LogP contribution in [-0.4, -0.2) is 30.9 Å². The minimum atomic E-state index is -0.637. The predicted octanol–water partition coefficient (Wildman–Crippen LogP) is 2.77. The zero-order valence-corrected chi connectivity index (χ0v) is 14.1. The molecule has 0 bridgehead atoms. The van der Waals surface area contributed by atoms with Gasteiger partial charge in [-0.25, -0.2) is 0 Å². The van der Waals surface area contributed by atoms with Gasteiger partial charge in [0.05, 0.1) is 10.8 Å². The Kier molecular flexibility index (Phi) is 5.16. The van der Waals surface area contributed by atoms with Crippen LogP contribution in [0.3, 0.4) is 0 Å². The van der Waals surface area contributed by atoms with Crippen LogP contribution in [0, 0.1) is 6.92 Å². The molecule has 1 heterocycles. The van der Waals surface area contributed by atoms with Gasteiger partial charge in [0, 0.05) is 19.2 Å². The van der Waals surface area contributed by atoms with Crippen molar-refractivity contribution in [1.29, 1.82) is 0 Å². The summed E-state index contributed by atoms with van der Waals surface area (Å²) in [6, 6.07) is 10.6. The van der Waals surface area contributed by atoms with Gasteiger partial charge < -0.3 is 19.6 Å². The van der Waals surface area contributed by atoms with Crippen LogP contribution >= 0.6 is 0 Å². The van der Waals surface area contributed by atoms with Crippen molar-refractivity contribution in [1.82, 2.24) is 5.32 Å². The Morgan fingerprint density at radius 2 is 2.16 bits per heavy atom. The maximum atomic E-state index is 12.6. The Balaban J connectivity index is 1.84. The second-order valence-electron chi connectivity index (χ2n) is 5.95. The van der Waals surface area contributed by atoms with Crippen molar-refractivity contribution in [2.45, 2.75) is 13.0 Å². The van der Waals surface area contributed by atoms with Crippen molar-refractivity contribution in [2.75, 3.05) is 19.7 Å². The van der Waals surface area contributed by atoms with E-state index in [9.17, 15) is 9.90 Å². The summed E-state index contributed by atoms with van der Waals surface area (Å²) in [4.78, 5) is 12.6. The van der Waals surface area contributed by atoms with Crippen molar-refractivity contribution in [2.24, 2.45) is 0 Å². The van der Waals surface area contributed by atoms with Gasteiger partial charge in [0.2, 0.25) is 5.43 Å². The number of hydrogen-bond acceptors (Lipinski definition) is 5. The monoisotopic (exact) mass is 339 g/mol. The Hall–Kier alpha value is -2.63. The zero-order chi connectivity index (χ0) is 17.8. The van der Waals surface area contributed by atoms with Crippen LogP contribution < -0.4 is 15.5 Å². The van der Waals surface area contributed by atoms with Crippen LogP contribution in [0.5, 0.6) is 5.75 Å². The third-order valence-electron chi connectivity index (χ3n) is 3.98. The van der Waals surface area contributed by atoms with Gasteiger partial charge in [-0.1, -0.05) is 18.2 Å². The van der Waals surface area contributed by atoms with E-state index < -0.39 is 6.10 Å². The quantitative estimate of drug-likeness (QED) is 0.393. The van der Waals surface area contributed by atoms with Crippen molar-refractivity contribution in [3.63, 3.8) is 0 Å². The molecule has 2 N–H and O–H groups in total. The standard InChI is InChI=1S/C20H21NO4/c1-3-9-21-11-14(22)12-24-15-7-8-16-18(10-15)25-20-13(2)5-4-6-17(20)19(16)23/h3-8,10,14,21-22H,1,9,11-12H2,2H3. The first-order valence-electron chi connectivity index (χ1n) is 8.19. The summed E-state index contributed by atoms with van der Waals surface area (Å²) in [5.74, 6) is 0.548. The molecule has 0 aliphatic carbocycles. The summed E-state index contributed by atoms with van der Waals surface area (Å²) in [5, 5.41) is 14.0. The molecule has 1 unspecified atom stereocenters. The Morgan fingerprint density at radius 3 is 2.96 bits per heavy atom. The minimum Gasteiger partial charge on any atom is -0.491 e. The van der Waals surface area contributed by atoms with Gasteiger partial charge >= 0.3 is 0 Å². The smallest absolute Gasteiger partial charge is 0.200 e. The highest BCUT2D eigenvalue weighted by atomic mass is 16.5. The highest BCUT2D eigenvalue weighted by molar-refractivity contribution is 5.91. The van der Waals surface area contributed by atoms with Crippen molar-refractivity contribution in [3.8, 4) is 5.75 Å². The molecule has 0 amide bonds. The van der Waals surface area contributed by atoms with Gasteiger partial charge in [-0.3, -0.25) is 4.79 Å². The molecule has 5 nitrogen and oxygen atoms in total. The molecule has 2 aromatic carbocycles. The van der Waals surface area contributed by atoms with E-state index in [0.29, 0.717) is 40.8 Å². The summed E-state index contributed by atoms with van der Waals surface area (Å²) < 4.78 is 11.5. The summed E-state index contributed by atoms with van der Waals surface area (Å²) in [6.07, 6.45) is 1.09. The van der Waals surface area contributed by atoms with Crippen LogP contribution in [0.25, 0.3) is 21.9 Å². The van der Waals surface area contributed by atoms with Crippen molar-refractivity contribution < 1.29 is 14.3 Å². The molecule has 0 saturated carbocycles. The van der Waals surface area contributed by atoms with Gasteiger partial charge in [-0.2, -0.15) is 0 Å². The molecule has 1 atom stereocenters. The summed E-state index contributed by atoms with van der Waals surface area (Å²) in [5.41, 5.74) is 1.92. The van der Waals surface area contributed by atoms with Crippen LogP contribution in [0.2, 0.25) is 0 Å². The van der Waals surface area contributed by atoms with Crippen LogP contribution in [-0.2, 0) is 0 Å². The number of nitrogens with one attached hydrogen (secondary N) is 1. The van der Waals surface area contributed by atoms with Gasteiger partial charge in [0.1, 0.15) is 29.6 Å². The largest absolute Gasteiger partial charge is 0.491 e. The van der Waals surface area contributed by atoms with E-state index in [1.807, 2.05) is 19.1 Å². The van der Waals surface area contributed by atoms with Crippen molar-refractivity contribution >= 4 is 21.9 Å². The molecular weight excluding hydrogens is 318 g/mol. The first kappa shape index (κ1) is 17.2. The molecule has 0 fully saturated rings. The molecule has 130 valence electrons. The first-order chi connectivity index (χ1) is 12.1. The molecule has 5 heteroatoms. The van der Waals surface area contributed by atoms with E-state index in [1.165, 1.54) is 0 Å². The van der Waals surface area contributed by atoms with Gasteiger partial charge in [0.25, 0.3) is 0 Å². The van der Waals surface area contributed by atoms with Crippen LogP contribution in [0.4, 0.5) is 0 Å². The zero-order valence-electron chi connectivity index (χ0n) is 14.1. The van der Waals surface area contributed by atoms with Gasteiger partial charge in [-0.15, -0.1) is 6.58 Å². The molecule has 0 aliphatic heterocycles. The Labute approximate surface area is 145 Å². The fourth-order valence-corrected chi connectivity index (χ4v) is 2.69. The average molecular weight is 339 g/mol. The lowest BCUT2D eigenvalue weighted by molar-refractivity contribution is 0.107. The lowest BCUT2D eigenvalue weighted by atomic mass is 10.1. The summed E-state index contributed by atoms with van der Waals surface area (Å²) in [6.45, 7) is 6.70. The number of ether oxygens (including phenoxy) is 1. The summed E-state index contributed by atoms with van der Waals surface area (Å²) in [7, 11) is 0. The average Bonchev–Trinajstić information content (AvgIpc) is 2.61. The van der Waals surface area contributed by atoms with E-state index in [-0.39, 0.29) is 12.0 Å². The molecule has 0 radical (unpaired) electrons. The Morgan fingerprint density at radius 1 is 1.32 bits per heavy atom. The fourth-order valence-electron chi connectivity index (χ4n) is 2.69. The number of rotatable bonds is 7. The SMILES string of the molecule is C=CCNCC(O)COc1ccc2c(=O)c3cccc(C)c3oc2c1. The van der Waals surface area contributed by atoms with Crippen LogP contribution in [0.1, 0.15) is 5.56 Å². The van der Waals surface area contributed by atoms with E-state index in [4.69, 9.17) is 9.15 Å². The topological polar surface area (TPSA) is 71.7 Å². The maximum Gasteiger partial charge on any atom is 0.200 e. The number of hydrogen-bond donors (Lipinski definition) is 2. The maximum absolute atomic E-state index is 12.6. The van der Waals surface area contributed by atoms with E-state index in [2.05, 4.69) is 11.9 Å². The molecule has 0 aliphatic rings. The number of para-hydroxylation sites is 1. The van der Waals surface area contributed by atoms with Crippen LogP contribution in [0.15, 0.2) is 58.3 Å². The number of aliphatic hydroxyl groups excluding tert-OH is 1. The number of fused-ring (bicyclic) bond motifs is 2. The van der Waals surface area contributed by atoms with Gasteiger partial charge in [-0.05, 0) is 30.7 Å². The highest BCUT2D eigenvalue weighted by Crippen LogP contribution is 2.24. The normalized spacial score (nSPS) is 12.4. The molecule has 3 rings (SSSR count). The third kappa shape index (κ3) is 3.73. The van der Waals surface area contributed by atoms with Crippen molar-refractivity contribution in [3.05, 3.63) is 64.8 Å². The molecule has 1 aromatic heterocycles. The first-order valence-corrected chi connectivity index (χ1v) is 8.19. The second kappa shape index (κ2) is 7.51. The number of aliphatic hydroxyl groups is 1. The minimum absolute atomic E-state index is 0.0554. The van der Waals surface area contributed by atoms with E-state index in [1.54, 1.807) is 30.3 Å². The molecule has 25 heavy (non-hydrogen) atoms. The Bertz CT molecular complexity index is 961. The molecular formula is C20H21NO4. The molecule has 0 saturated heterocycles. The fraction of sp³-hybridized carbons (Fsp3) is 0.250. The predicted molar refractivity (Wildman–Crippen MR) is 99.3 cm³/mol. The summed E-state index contributed by atoms with van der Waals surface area (Å²) >= 11 is 0. The number of benzene rings is 2. The number of aryl methyl sites for hydroxylation is 1. The second-order valence-corrected chi connectivity index (χ2v) is 5.95. The lowest BCUT2D eigenvalue weighted by Crippen LogP contribution is -2.31. The molecule has 0 spiro atoms. The molecule has 3 aromatic rings. The van der Waals surface area contributed by atoms with Gasteiger partial charge in [0.15, 0.2) is 0 Å². The third-order valence-corrected chi connectivity index (χ3v) is 3.98. The lowest BCUT2D eigenvalue weighted by Gasteiger charge is -2.13. The highest BCUT2D eigenvalue weighted by Gasteiger charge is 2.11. The van der Waals surface area contributed by atoms with E-state index in [0.717, 1.165) is 5.56 Å².